The fraction of sp³-hybridized carbons (Fsp3) is 0.312. The number of halogens is 2. The highest BCUT2D eigenvalue weighted by molar-refractivity contribution is 7.91. The second-order valence-electron chi connectivity index (χ2n) is 5.69. The summed E-state index contributed by atoms with van der Waals surface area (Å²) in [5.74, 6) is -2.20. The van der Waals surface area contributed by atoms with Gasteiger partial charge in [0.1, 0.15) is 17.4 Å². The van der Waals surface area contributed by atoms with Crippen LogP contribution in [0.1, 0.15) is 22.5 Å². The SMILES string of the molecule is O=C(c1ccc(F)cc1F)N(Cc1ccco1)[C@@H]1CCS(=O)(=O)C1. The third-order valence-corrected chi connectivity index (χ3v) is 5.73. The number of hydrogen-bond donors (Lipinski definition) is 0. The smallest absolute Gasteiger partial charge is 0.257 e. The number of rotatable bonds is 4. The Labute approximate surface area is 137 Å². The molecular formula is C16H15F2NO4S. The molecule has 1 aliphatic heterocycles. The summed E-state index contributed by atoms with van der Waals surface area (Å²) in [6.07, 6.45) is 1.71. The van der Waals surface area contributed by atoms with Crippen LogP contribution in [0.5, 0.6) is 0 Å². The van der Waals surface area contributed by atoms with E-state index < -0.39 is 33.4 Å². The topological polar surface area (TPSA) is 67.6 Å². The molecule has 24 heavy (non-hydrogen) atoms. The molecular weight excluding hydrogens is 340 g/mol. The van der Waals surface area contributed by atoms with Crippen molar-refractivity contribution in [3.05, 3.63) is 59.6 Å². The van der Waals surface area contributed by atoms with Gasteiger partial charge in [0, 0.05) is 12.1 Å². The second kappa shape index (κ2) is 6.35. The molecule has 5 nitrogen and oxygen atoms in total. The van der Waals surface area contributed by atoms with E-state index in [9.17, 15) is 22.0 Å². The molecule has 1 aromatic heterocycles. The first-order chi connectivity index (χ1) is 11.4. The van der Waals surface area contributed by atoms with Crippen molar-refractivity contribution in [2.75, 3.05) is 11.5 Å². The van der Waals surface area contributed by atoms with E-state index in [1.807, 2.05) is 0 Å². The Balaban J connectivity index is 1.92. The van der Waals surface area contributed by atoms with Crippen molar-refractivity contribution >= 4 is 15.7 Å². The predicted molar refractivity (Wildman–Crippen MR) is 82.0 cm³/mol. The summed E-state index contributed by atoms with van der Waals surface area (Å²) in [6, 6.07) is 5.39. The van der Waals surface area contributed by atoms with Gasteiger partial charge in [-0.3, -0.25) is 4.79 Å². The van der Waals surface area contributed by atoms with Crippen LogP contribution in [0.25, 0.3) is 0 Å². The molecule has 0 unspecified atom stereocenters. The Bertz CT molecular complexity index is 849. The summed E-state index contributed by atoms with van der Waals surface area (Å²) >= 11 is 0. The molecule has 2 heterocycles. The number of carbonyl (C=O) groups excluding carboxylic acids is 1. The number of hydrogen-bond acceptors (Lipinski definition) is 4. The minimum atomic E-state index is -3.23. The van der Waals surface area contributed by atoms with E-state index in [2.05, 4.69) is 0 Å². The first-order valence-corrected chi connectivity index (χ1v) is 9.17. The Hall–Kier alpha value is -2.22. The molecule has 1 aromatic carbocycles. The summed E-state index contributed by atoms with van der Waals surface area (Å²) in [6.45, 7) is 0.0167. The lowest BCUT2D eigenvalue weighted by Crippen LogP contribution is -2.41. The van der Waals surface area contributed by atoms with E-state index in [-0.39, 0.29) is 30.0 Å². The molecule has 1 aliphatic rings. The Morgan fingerprint density at radius 1 is 1.29 bits per heavy atom. The van der Waals surface area contributed by atoms with Gasteiger partial charge in [0.05, 0.1) is 29.9 Å². The lowest BCUT2D eigenvalue weighted by molar-refractivity contribution is 0.0661. The van der Waals surface area contributed by atoms with E-state index in [1.54, 1.807) is 12.1 Å². The van der Waals surface area contributed by atoms with Crippen LogP contribution in [0.3, 0.4) is 0 Å². The minimum absolute atomic E-state index is 0.0167. The average molecular weight is 355 g/mol. The summed E-state index contributed by atoms with van der Waals surface area (Å²) < 4.78 is 55.7. The number of carbonyl (C=O) groups is 1. The molecule has 1 fully saturated rings. The van der Waals surface area contributed by atoms with Gasteiger partial charge >= 0.3 is 0 Å². The van der Waals surface area contributed by atoms with Gasteiger partial charge in [-0.25, -0.2) is 17.2 Å². The largest absolute Gasteiger partial charge is 0.467 e. The lowest BCUT2D eigenvalue weighted by atomic mass is 10.1. The van der Waals surface area contributed by atoms with E-state index in [4.69, 9.17) is 4.42 Å². The van der Waals surface area contributed by atoms with Gasteiger partial charge < -0.3 is 9.32 Å². The molecule has 1 atom stereocenters. The molecule has 8 heteroatoms. The number of amides is 1. The quantitative estimate of drug-likeness (QED) is 0.845. The summed E-state index contributed by atoms with van der Waals surface area (Å²) in [5, 5.41) is 0. The molecule has 2 aromatic rings. The van der Waals surface area contributed by atoms with Gasteiger partial charge in [-0.05, 0) is 30.7 Å². The van der Waals surface area contributed by atoms with Crippen molar-refractivity contribution in [1.29, 1.82) is 0 Å². The van der Waals surface area contributed by atoms with Crippen LogP contribution in [-0.2, 0) is 16.4 Å². The van der Waals surface area contributed by atoms with Gasteiger partial charge in [0.2, 0.25) is 0 Å². The van der Waals surface area contributed by atoms with Gasteiger partial charge in [0.25, 0.3) is 5.91 Å². The monoisotopic (exact) mass is 355 g/mol. The number of furan rings is 1. The molecule has 0 spiro atoms. The first-order valence-electron chi connectivity index (χ1n) is 7.34. The maximum atomic E-state index is 13.9. The average Bonchev–Trinajstić information content (AvgIpc) is 3.13. The predicted octanol–water partition coefficient (Wildman–Crippen LogP) is 2.39. The molecule has 0 aliphatic carbocycles. The van der Waals surface area contributed by atoms with E-state index in [0.717, 1.165) is 12.1 Å². The van der Waals surface area contributed by atoms with Crippen molar-refractivity contribution in [3.8, 4) is 0 Å². The van der Waals surface area contributed by atoms with E-state index in [1.165, 1.54) is 11.2 Å². The molecule has 0 radical (unpaired) electrons. The fourth-order valence-electron chi connectivity index (χ4n) is 2.78. The number of benzene rings is 1. The van der Waals surface area contributed by atoms with Crippen LogP contribution in [0.4, 0.5) is 8.78 Å². The van der Waals surface area contributed by atoms with Crippen molar-refractivity contribution in [1.82, 2.24) is 4.90 Å². The molecule has 128 valence electrons. The Morgan fingerprint density at radius 2 is 2.08 bits per heavy atom. The van der Waals surface area contributed by atoms with Crippen LogP contribution in [0.2, 0.25) is 0 Å². The molecule has 0 saturated carbocycles. The normalized spacial score (nSPS) is 19.3. The van der Waals surface area contributed by atoms with Crippen molar-refractivity contribution < 1.29 is 26.4 Å². The van der Waals surface area contributed by atoms with Crippen LogP contribution >= 0.6 is 0 Å². The van der Waals surface area contributed by atoms with E-state index in [0.29, 0.717) is 11.8 Å². The summed E-state index contributed by atoms with van der Waals surface area (Å²) in [7, 11) is -3.23. The number of nitrogens with zero attached hydrogens (tertiary/aromatic N) is 1. The number of sulfone groups is 1. The lowest BCUT2D eigenvalue weighted by Gasteiger charge is -2.27. The van der Waals surface area contributed by atoms with Crippen LogP contribution in [0, 0.1) is 11.6 Å². The van der Waals surface area contributed by atoms with Crippen molar-refractivity contribution in [2.45, 2.75) is 19.0 Å². The molecule has 0 bridgehead atoms. The maximum absolute atomic E-state index is 13.9. The maximum Gasteiger partial charge on any atom is 0.257 e. The Kier molecular flexibility index (Phi) is 4.40. The van der Waals surface area contributed by atoms with Crippen molar-refractivity contribution in [3.63, 3.8) is 0 Å². The fourth-order valence-corrected chi connectivity index (χ4v) is 4.51. The van der Waals surface area contributed by atoms with Crippen LogP contribution in [0.15, 0.2) is 41.0 Å². The van der Waals surface area contributed by atoms with Gasteiger partial charge in [-0.2, -0.15) is 0 Å². The summed E-state index contributed by atoms with van der Waals surface area (Å²) in [5.41, 5.74) is -0.299. The molecule has 0 N–H and O–H groups in total. The van der Waals surface area contributed by atoms with E-state index >= 15 is 0 Å². The van der Waals surface area contributed by atoms with Gasteiger partial charge in [-0.1, -0.05) is 0 Å². The molecule has 1 saturated heterocycles. The van der Waals surface area contributed by atoms with Crippen LogP contribution < -0.4 is 0 Å². The third-order valence-electron chi connectivity index (χ3n) is 3.98. The first kappa shape index (κ1) is 16.6. The highest BCUT2D eigenvalue weighted by atomic mass is 32.2. The zero-order chi connectivity index (χ0) is 17.3. The van der Waals surface area contributed by atoms with Crippen molar-refractivity contribution in [2.24, 2.45) is 0 Å². The molecule has 3 rings (SSSR count). The second-order valence-corrected chi connectivity index (χ2v) is 7.92. The highest BCUT2D eigenvalue weighted by Gasteiger charge is 2.36. The zero-order valence-electron chi connectivity index (χ0n) is 12.6. The van der Waals surface area contributed by atoms with Gasteiger partial charge in [-0.15, -0.1) is 0 Å². The minimum Gasteiger partial charge on any atom is -0.467 e. The molecule has 1 amide bonds. The Morgan fingerprint density at radius 3 is 2.67 bits per heavy atom. The van der Waals surface area contributed by atoms with Gasteiger partial charge in [0.15, 0.2) is 9.84 Å². The summed E-state index contributed by atoms with van der Waals surface area (Å²) in [4.78, 5) is 14.0. The van der Waals surface area contributed by atoms with Crippen LogP contribution in [-0.4, -0.2) is 36.8 Å². The standard InChI is InChI=1S/C16H15F2NO4S/c17-11-3-4-14(15(18)8-11)16(20)19(9-13-2-1-6-23-13)12-5-7-24(21,22)10-12/h1-4,6,8,12H,5,7,9-10H2/t12-/m1/s1. The highest BCUT2D eigenvalue weighted by Crippen LogP contribution is 2.23. The zero-order valence-corrected chi connectivity index (χ0v) is 13.4. The third kappa shape index (κ3) is 3.48.